The van der Waals surface area contributed by atoms with Crippen LogP contribution < -0.4 is 11.1 Å². The Balaban J connectivity index is 2.64. The van der Waals surface area contributed by atoms with Crippen molar-refractivity contribution in [3.05, 3.63) is 22.4 Å². The number of hydrogen-bond acceptors (Lipinski definition) is 4. The van der Waals surface area contributed by atoms with Gasteiger partial charge in [0, 0.05) is 5.38 Å². The van der Waals surface area contributed by atoms with Gasteiger partial charge in [-0.05, 0) is 17.9 Å². The maximum Gasteiger partial charge on any atom is 0.252 e. The molecule has 0 aliphatic rings. The van der Waals surface area contributed by atoms with Crippen LogP contribution in [0.25, 0.3) is 0 Å². The lowest BCUT2D eigenvalue weighted by molar-refractivity contribution is 0.0946. The van der Waals surface area contributed by atoms with Gasteiger partial charge in [-0.1, -0.05) is 12.1 Å². The minimum absolute atomic E-state index is 0.0149. The summed E-state index contributed by atoms with van der Waals surface area (Å²) in [4.78, 5) is 11.6. The van der Waals surface area contributed by atoms with E-state index in [9.17, 15) is 4.79 Å². The number of hydrogen-bond donors (Lipinski definition) is 3. The van der Waals surface area contributed by atoms with Gasteiger partial charge in [-0.3, -0.25) is 4.79 Å². The van der Waals surface area contributed by atoms with Crippen LogP contribution in [0.3, 0.4) is 0 Å². The third kappa shape index (κ3) is 2.95. The van der Waals surface area contributed by atoms with Crippen LogP contribution in [0.5, 0.6) is 0 Å². The standard InChI is InChI=1S/C9H13N3O2S/c1-2-7(8(10)12-14)11-9(13)6-3-4-15-5-6/h3-5,7,14H,2H2,1H3,(H2,10,12)(H,11,13). The molecule has 1 aromatic heterocycles. The van der Waals surface area contributed by atoms with Gasteiger partial charge in [0.2, 0.25) is 0 Å². The predicted molar refractivity (Wildman–Crippen MR) is 59.3 cm³/mol. The molecule has 0 spiro atoms. The summed E-state index contributed by atoms with van der Waals surface area (Å²) in [5.41, 5.74) is 6.00. The average molecular weight is 227 g/mol. The number of rotatable bonds is 4. The van der Waals surface area contributed by atoms with E-state index in [4.69, 9.17) is 10.9 Å². The zero-order chi connectivity index (χ0) is 11.3. The number of carbonyl (C=O) groups excluding carboxylic acids is 1. The van der Waals surface area contributed by atoms with E-state index in [0.717, 1.165) is 0 Å². The van der Waals surface area contributed by atoms with Crippen LogP contribution in [-0.2, 0) is 0 Å². The lowest BCUT2D eigenvalue weighted by Gasteiger charge is -2.14. The molecule has 5 nitrogen and oxygen atoms in total. The minimum Gasteiger partial charge on any atom is -0.409 e. The second kappa shape index (κ2) is 5.35. The first kappa shape index (κ1) is 11.5. The molecule has 0 bridgehead atoms. The number of nitrogens with one attached hydrogen (secondary N) is 1. The molecule has 0 fully saturated rings. The quantitative estimate of drug-likeness (QED) is 0.310. The molecule has 82 valence electrons. The van der Waals surface area contributed by atoms with E-state index in [-0.39, 0.29) is 11.7 Å². The van der Waals surface area contributed by atoms with Crippen molar-refractivity contribution in [1.82, 2.24) is 5.32 Å². The first-order valence-corrected chi connectivity index (χ1v) is 5.43. The summed E-state index contributed by atoms with van der Waals surface area (Å²) in [7, 11) is 0. The first-order chi connectivity index (χ1) is 7.19. The minimum atomic E-state index is -0.428. The van der Waals surface area contributed by atoms with Crippen molar-refractivity contribution >= 4 is 23.1 Å². The molecular formula is C9H13N3O2S. The Labute approximate surface area is 91.6 Å². The highest BCUT2D eigenvalue weighted by Crippen LogP contribution is 2.06. The van der Waals surface area contributed by atoms with Gasteiger partial charge in [0.25, 0.3) is 5.91 Å². The summed E-state index contributed by atoms with van der Waals surface area (Å²) in [5.74, 6) is -0.198. The van der Waals surface area contributed by atoms with Crippen LogP contribution in [-0.4, -0.2) is 23.0 Å². The molecule has 1 amide bonds. The van der Waals surface area contributed by atoms with Crippen LogP contribution in [0, 0.1) is 0 Å². The van der Waals surface area contributed by atoms with Gasteiger partial charge in [0.1, 0.15) is 0 Å². The van der Waals surface area contributed by atoms with Crippen molar-refractivity contribution in [3.8, 4) is 0 Å². The molecule has 1 aromatic rings. The van der Waals surface area contributed by atoms with Crippen molar-refractivity contribution in [2.75, 3.05) is 0 Å². The van der Waals surface area contributed by atoms with E-state index in [1.807, 2.05) is 12.3 Å². The third-order valence-corrected chi connectivity index (χ3v) is 2.65. The predicted octanol–water partition coefficient (Wildman–Crippen LogP) is 1.00. The summed E-state index contributed by atoms with van der Waals surface area (Å²) in [6, 6.07) is 1.29. The van der Waals surface area contributed by atoms with Crippen LogP contribution >= 0.6 is 11.3 Å². The Bertz CT molecular complexity index is 348. The molecule has 0 aliphatic heterocycles. The van der Waals surface area contributed by atoms with Crippen molar-refractivity contribution in [2.24, 2.45) is 10.9 Å². The lowest BCUT2D eigenvalue weighted by Crippen LogP contribution is -2.44. The molecule has 0 saturated carbocycles. The number of oxime groups is 1. The fraction of sp³-hybridized carbons (Fsp3) is 0.333. The van der Waals surface area contributed by atoms with E-state index in [0.29, 0.717) is 12.0 Å². The maximum atomic E-state index is 11.6. The highest BCUT2D eigenvalue weighted by Gasteiger charge is 2.15. The zero-order valence-corrected chi connectivity index (χ0v) is 9.12. The fourth-order valence-electron chi connectivity index (χ4n) is 1.09. The number of nitrogens with two attached hydrogens (primary N) is 1. The normalized spacial score (nSPS) is 13.5. The molecule has 0 aliphatic carbocycles. The Kier molecular flexibility index (Phi) is 4.11. The molecule has 6 heteroatoms. The lowest BCUT2D eigenvalue weighted by atomic mass is 10.2. The van der Waals surface area contributed by atoms with Crippen molar-refractivity contribution < 1.29 is 10.0 Å². The largest absolute Gasteiger partial charge is 0.409 e. The molecule has 1 unspecified atom stereocenters. The van der Waals surface area contributed by atoms with Crippen LogP contribution in [0.2, 0.25) is 0 Å². The smallest absolute Gasteiger partial charge is 0.252 e. The van der Waals surface area contributed by atoms with Gasteiger partial charge in [-0.2, -0.15) is 11.3 Å². The summed E-state index contributed by atoms with van der Waals surface area (Å²) in [6.07, 6.45) is 0.575. The molecule has 1 heterocycles. The molecule has 1 rings (SSSR count). The number of amidine groups is 1. The maximum absolute atomic E-state index is 11.6. The van der Waals surface area contributed by atoms with Crippen LogP contribution in [0.4, 0.5) is 0 Å². The first-order valence-electron chi connectivity index (χ1n) is 4.49. The van der Waals surface area contributed by atoms with Gasteiger partial charge in [-0.25, -0.2) is 0 Å². The van der Waals surface area contributed by atoms with Crippen molar-refractivity contribution in [1.29, 1.82) is 0 Å². The molecular weight excluding hydrogens is 214 g/mol. The summed E-state index contributed by atoms with van der Waals surface area (Å²) < 4.78 is 0. The third-order valence-electron chi connectivity index (χ3n) is 1.97. The number of carbonyl (C=O) groups is 1. The zero-order valence-electron chi connectivity index (χ0n) is 8.30. The van der Waals surface area contributed by atoms with Crippen LogP contribution in [0.15, 0.2) is 22.0 Å². The second-order valence-electron chi connectivity index (χ2n) is 2.97. The molecule has 0 saturated heterocycles. The van der Waals surface area contributed by atoms with E-state index >= 15 is 0 Å². The average Bonchev–Trinajstić information content (AvgIpc) is 2.77. The molecule has 1 atom stereocenters. The van der Waals surface area contributed by atoms with Crippen LogP contribution in [0.1, 0.15) is 23.7 Å². The van der Waals surface area contributed by atoms with E-state index < -0.39 is 6.04 Å². The van der Waals surface area contributed by atoms with Crippen molar-refractivity contribution in [2.45, 2.75) is 19.4 Å². The van der Waals surface area contributed by atoms with Gasteiger partial charge in [-0.15, -0.1) is 0 Å². The highest BCUT2D eigenvalue weighted by molar-refractivity contribution is 7.08. The van der Waals surface area contributed by atoms with E-state index in [1.165, 1.54) is 11.3 Å². The van der Waals surface area contributed by atoms with Gasteiger partial charge in [0.05, 0.1) is 11.6 Å². The topological polar surface area (TPSA) is 87.7 Å². The Morgan fingerprint density at radius 3 is 3.00 bits per heavy atom. The van der Waals surface area contributed by atoms with E-state index in [2.05, 4.69) is 10.5 Å². The number of nitrogens with zero attached hydrogens (tertiary/aromatic N) is 1. The summed E-state index contributed by atoms with van der Waals surface area (Å²) >= 11 is 1.45. The van der Waals surface area contributed by atoms with Gasteiger partial charge >= 0.3 is 0 Å². The molecule has 0 radical (unpaired) electrons. The second-order valence-corrected chi connectivity index (χ2v) is 3.75. The molecule has 0 aromatic carbocycles. The van der Waals surface area contributed by atoms with Gasteiger partial charge < -0.3 is 16.3 Å². The van der Waals surface area contributed by atoms with E-state index in [1.54, 1.807) is 11.4 Å². The number of amides is 1. The molecule has 4 N–H and O–H groups in total. The summed E-state index contributed by atoms with van der Waals surface area (Å²) in [6.45, 7) is 1.84. The summed E-state index contributed by atoms with van der Waals surface area (Å²) in [5, 5.41) is 17.6. The Hall–Kier alpha value is -1.56. The SMILES string of the molecule is CCC(NC(=O)c1ccsc1)/C(N)=N/O. The number of thiophene rings is 1. The van der Waals surface area contributed by atoms with Crippen molar-refractivity contribution in [3.63, 3.8) is 0 Å². The highest BCUT2D eigenvalue weighted by atomic mass is 32.1. The Morgan fingerprint density at radius 1 is 1.80 bits per heavy atom. The Morgan fingerprint density at radius 2 is 2.53 bits per heavy atom. The monoisotopic (exact) mass is 227 g/mol. The molecule has 15 heavy (non-hydrogen) atoms. The fourth-order valence-corrected chi connectivity index (χ4v) is 1.73. The van der Waals surface area contributed by atoms with Gasteiger partial charge in [0.15, 0.2) is 5.84 Å².